The van der Waals surface area contributed by atoms with E-state index in [9.17, 15) is 5.11 Å². The molecule has 0 amide bonds. The zero-order chi connectivity index (χ0) is 12.1. The lowest BCUT2D eigenvalue weighted by molar-refractivity contribution is 0.108. The Labute approximate surface area is 103 Å². The van der Waals surface area contributed by atoms with Crippen LogP contribution in [0.4, 0.5) is 0 Å². The topological polar surface area (TPSA) is 45.1 Å². The summed E-state index contributed by atoms with van der Waals surface area (Å²) >= 11 is 0. The van der Waals surface area contributed by atoms with Crippen molar-refractivity contribution >= 4 is 0 Å². The molecule has 0 aromatic carbocycles. The van der Waals surface area contributed by atoms with Crippen LogP contribution >= 0.6 is 0 Å². The lowest BCUT2D eigenvalue weighted by Crippen LogP contribution is -2.29. The molecule has 1 fully saturated rings. The van der Waals surface area contributed by atoms with E-state index in [-0.39, 0.29) is 6.10 Å². The van der Waals surface area contributed by atoms with Gasteiger partial charge in [-0.2, -0.15) is 0 Å². The number of hydrogen-bond acceptors (Lipinski definition) is 3. The minimum absolute atomic E-state index is 0.0520. The first kappa shape index (κ1) is 12.5. The molecule has 17 heavy (non-hydrogen) atoms. The highest BCUT2D eigenvalue weighted by atomic mass is 16.3. The largest absolute Gasteiger partial charge is 0.393 e. The van der Waals surface area contributed by atoms with Gasteiger partial charge in [0.2, 0.25) is 0 Å². The summed E-state index contributed by atoms with van der Waals surface area (Å²) in [5, 5.41) is 13.0. The maximum Gasteiger partial charge on any atom is 0.0540 e. The second kappa shape index (κ2) is 6.12. The lowest BCUT2D eigenvalue weighted by Gasteiger charge is -2.27. The van der Waals surface area contributed by atoms with Gasteiger partial charge in [0.25, 0.3) is 0 Å². The first-order valence-corrected chi connectivity index (χ1v) is 6.57. The molecule has 0 saturated heterocycles. The Balaban J connectivity index is 1.75. The maximum absolute atomic E-state index is 9.46. The highest BCUT2D eigenvalue weighted by Gasteiger charge is 2.19. The molecule has 0 bridgehead atoms. The Morgan fingerprint density at radius 3 is 2.59 bits per heavy atom. The molecule has 1 aliphatic carbocycles. The smallest absolute Gasteiger partial charge is 0.0540 e. The predicted octanol–water partition coefficient (Wildman–Crippen LogP) is 2.28. The van der Waals surface area contributed by atoms with Crippen molar-refractivity contribution in [2.45, 2.75) is 44.8 Å². The second-order valence-electron chi connectivity index (χ2n) is 5.09. The van der Waals surface area contributed by atoms with E-state index in [0.29, 0.717) is 6.04 Å². The normalized spacial score (nSPS) is 26.7. The van der Waals surface area contributed by atoms with Gasteiger partial charge in [0.05, 0.1) is 6.10 Å². The predicted molar refractivity (Wildman–Crippen MR) is 68.6 cm³/mol. The molecule has 1 unspecified atom stereocenters. The van der Waals surface area contributed by atoms with Gasteiger partial charge in [0.15, 0.2) is 0 Å². The SMILES string of the molecule is CC(NCC1CCC(O)CC1)c1ccncc1. The summed E-state index contributed by atoms with van der Waals surface area (Å²) in [6.45, 7) is 3.24. The molecule has 1 aromatic heterocycles. The number of rotatable bonds is 4. The fraction of sp³-hybridized carbons (Fsp3) is 0.643. The van der Waals surface area contributed by atoms with Crippen molar-refractivity contribution in [3.8, 4) is 0 Å². The number of aliphatic hydroxyl groups excluding tert-OH is 1. The monoisotopic (exact) mass is 234 g/mol. The number of pyridine rings is 1. The van der Waals surface area contributed by atoms with Crippen molar-refractivity contribution < 1.29 is 5.11 Å². The summed E-state index contributed by atoms with van der Waals surface area (Å²) in [4.78, 5) is 4.03. The van der Waals surface area contributed by atoms with E-state index in [4.69, 9.17) is 0 Å². The summed E-state index contributed by atoms with van der Waals surface area (Å²) in [6.07, 6.45) is 7.86. The minimum Gasteiger partial charge on any atom is -0.393 e. The van der Waals surface area contributed by atoms with Crippen LogP contribution in [0.2, 0.25) is 0 Å². The third kappa shape index (κ3) is 3.79. The van der Waals surface area contributed by atoms with Crippen LogP contribution in [-0.2, 0) is 0 Å². The van der Waals surface area contributed by atoms with Crippen LogP contribution < -0.4 is 5.32 Å². The number of nitrogens with one attached hydrogen (secondary N) is 1. The van der Waals surface area contributed by atoms with E-state index in [1.54, 1.807) is 0 Å². The molecular weight excluding hydrogens is 212 g/mol. The Morgan fingerprint density at radius 1 is 1.29 bits per heavy atom. The first-order valence-electron chi connectivity index (χ1n) is 6.57. The summed E-state index contributed by atoms with van der Waals surface area (Å²) < 4.78 is 0. The van der Waals surface area contributed by atoms with Crippen molar-refractivity contribution in [1.29, 1.82) is 0 Å². The van der Waals surface area contributed by atoms with Crippen molar-refractivity contribution in [2.75, 3.05) is 6.54 Å². The fourth-order valence-corrected chi connectivity index (χ4v) is 2.46. The van der Waals surface area contributed by atoms with Crippen LogP contribution in [0.25, 0.3) is 0 Å². The third-order valence-corrected chi connectivity index (χ3v) is 3.74. The van der Waals surface area contributed by atoms with E-state index >= 15 is 0 Å². The minimum atomic E-state index is -0.0520. The van der Waals surface area contributed by atoms with Crippen molar-refractivity contribution in [3.63, 3.8) is 0 Å². The third-order valence-electron chi connectivity index (χ3n) is 3.74. The highest BCUT2D eigenvalue weighted by Crippen LogP contribution is 2.24. The molecule has 1 atom stereocenters. The molecule has 3 nitrogen and oxygen atoms in total. The van der Waals surface area contributed by atoms with Gasteiger partial charge in [-0.15, -0.1) is 0 Å². The Morgan fingerprint density at radius 2 is 1.94 bits per heavy atom. The molecule has 1 aromatic rings. The van der Waals surface area contributed by atoms with E-state index in [0.717, 1.165) is 38.1 Å². The van der Waals surface area contributed by atoms with Gasteiger partial charge in [-0.25, -0.2) is 0 Å². The van der Waals surface area contributed by atoms with Gasteiger partial charge in [-0.05, 0) is 62.8 Å². The van der Waals surface area contributed by atoms with Crippen LogP contribution in [0, 0.1) is 5.92 Å². The van der Waals surface area contributed by atoms with E-state index < -0.39 is 0 Å². The Bertz CT molecular complexity index is 320. The Hall–Kier alpha value is -0.930. The molecule has 0 radical (unpaired) electrons. The van der Waals surface area contributed by atoms with Gasteiger partial charge < -0.3 is 10.4 Å². The van der Waals surface area contributed by atoms with Gasteiger partial charge in [-0.1, -0.05) is 0 Å². The van der Waals surface area contributed by atoms with E-state index in [1.165, 1.54) is 5.56 Å². The number of aliphatic hydroxyl groups is 1. The quantitative estimate of drug-likeness (QED) is 0.840. The van der Waals surface area contributed by atoms with E-state index in [2.05, 4.69) is 29.4 Å². The van der Waals surface area contributed by atoms with Crippen LogP contribution in [0.5, 0.6) is 0 Å². The molecule has 1 heterocycles. The van der Waals surface area contributed by atoms with Crippen LogP contribution in [0.15, 0.2) is 24.5 Å². The van der Waals surface area contributed by atoms with Crippen LogP contribution in [0.1, 0.15) is 44.2 Å². The zero-order valence-corrected chi connectivity index (χ0v) is 10.5. The molecule has 3 heteroatoms. The second-order valence-corrected chi connectivity index (χ2v) is 5.09. The first-order chi connectivity index (χ1) is 8.25. The zero-order valence-electron chi connectivity index (χ0n) is 10.5. The lowest BCUT2D eigenvalue weighted by atomic mass is 9.87. The summed E-state index contributed by atoms with van der Waals surface area (Å²) in [6, 6.07) is 4.50. The average Bonchev–Trinajstić information content (AvgIpc) is 2.39. The van der Waals surface area contributed by atoms with Gasteiger partial charge in [0.1, 0.15) is 0 Å². The van der Waals surface area contributed by atoms with Crippen LogP contribution in [-0.4, -0.2) is 22.7 Å². The molecule has 1 saturated carbocycles. The molecule has 1 aliphatic rings. The van der Waals surface area contributed by atoms with Crippen LogP contribution in [0.3, 0.4) is 0 Å². The maximum atomic E-state index is 9.46. The molecule has 2 N–H and O–H groups in total. The van der Waals surface area contributed by atoms with Gasteiger partial charge in [0, 0.05) is 18.4 Å². The molecular formula is C14H22N2O. The van der Waals surface area contributed by atoms with Crippen molar-refractivity contribution in [1.82, 2.24) is 10.3 Å². The highest BCUT2D eigenvalue weighted by molar-refractivity contribution is 5.13. The van der Waals surface area contributed by atoms with Gasteiger partial charge >= 0.3 is 0 Å². The molecule has 0 spiro atoms. The Kier molecular flexibility index (Phi) is 4.51. The summed E-state index contributed by atoms with van der Waals surface area (Å²) in [5.74, 6) is 0.725. The number of nitrogens with zero attached hydrogens (tertiary/aromatic N) is 1. The fourth-order valence-electron chi connectivity index (χ4n) is 2.46. The van der Waals surface area contributed by atoms with Crippen molar-refractivity contribution in [2.24, 2.45) is 5.92 Å². The summed E-state index contributed by atoms with van der Waals surface area (Å²) in [5.41, 5.74) is 1.29. The summed E-state index contributed by atoms with van der Waals surface area (Å²) in [7, 11) is 0. The van der Waals surface area contributed by atoms with E-state index in [1.807, 2.05) is 12.4 Å². The number of hydrogen-bond donors (Lipinski definition) is 2. The molecule has 0 aliphatic heterocycles. The number of aromatic nitrogens is 1. The average molecular weight is 234 g/mol. The standard InChI is InChI=1S/C14H22N2O/c1-11(13-6-8-15-9-7-13)16-10-12-2-4-14(17)5-3-12/h6-9,11-12,14,16-17H,2-5,10H2,1H3. The molecule has 94 valence electrons. The molecule has 2 rings (SSSR count). The van der Waals surface area contributed by atoms with Gasteiger partial charge in [-0.3, -0.25) is 4.98 Å². The van der Waals surface area contributed by atoms with Crippen molar-refractivity contribution in [3.05, 3.63) is 30.1 Å².